The molecule has 0 saturated heterocycles. The number of para-hydroxylation sites is 1. The van der Waals surface area contributed by atoms with Gasteiger partial charge in [-0.2, -0.15) is 4.98 Å². The standard InChI is InChI=1S/C22H17N3O3/c1-27-20(26)13-15-8-10-17(11-9-15)28-22-18-6-2-3-7-19(18)24-21(25-22)16-5-4-12-23-14-16/h2-12,14H,13H2,1H3. The second kappa shape index (κ2) is 7.84. The predicted molar refractivity (Wildman–Crippen MR) is 105 cm³/mol. The summed E-state index contributed by atoms with van der Waals surface area (Å²) in [6.45, 7) is 0. The van der Waals surface area contributed by atoms with Crippen molar-refractivity contribution < 1.29 is 14.3 Å². The van der Waals surface area contributed by atoms with E-state index in [1.807, 2.05) is 48.5 Å². The summed E-state index contributed by atoms with van der Waals surface area (Å²) in [7, 11) is 1.37. The van der Waals surface area contributed by atoms with Crippen LogP contribution < -0.4 is 4.74 Å². The first kappa shape index (κ1) is 17.6. The Kier molecular flexibility index (Phi) is 4.93. The fourth-order valence-corrected chi connectivity index (χ4v) is 2.78. The van der Waals surface area contributed by atoms with Crippen LogP contribution in [-0.2, 0) is 16.0 Å². The van der Waals surface area contributed by atoms with E-state index in [-0.39, 0.29) is 12.4 Å². The van der Waals surface area contributed by atoms with Crippen LogP contribution in [0.4, 0.5) is 0 Å². The number of methoxy groups -OCH3 is 1. The molecule has 0 radical (unpaired) electrons. The first-order chi connectivity index (χ1) is 13.7. The number of rotatable bonds is 5. The molecule has 4 aromatic rings. The Morgan fingerprint density at radius 3 is 2.54 bits per heavy atom. The zero-order valence-electron chi connectivity index (χ0n) is 15.2. The maximum absolute atomic E-state index is 11.4. The number of carbonyl (C=O) groups is 1. The lowest BCUT2D eigenvalue weighted by molar-refractivity contribution is -0.139. The van der Waals surface area contributed by atoms with E-state index in [0.717, 1.165) is 22.0 Å². The van der Waals surface area contributed by atoms with Crippen molar-refractivity contribution in [1.82, 2.24) is 15.0 Å². The van der Waals surface area contributed by atoms with Gasteiger partial charge in [0, 0.05) is 18.0 Å². The number of nitrogens with zero attached hydrogens (tertiary/aromatic N) is 3. The van der Waals surface area contributed by atoms with Gasteiger partial charge in [-0.25, -0.2) is 4.98 Å². The highest BCUT2D eigenvalue weighted by Crippen LogP contribution is 2.30. The van der Waals surface area contributed by atoms with Crippen LogP contribution >= 0.6 is 0 Å². The largest absolute Gasteiger partial charge is 0.469 e. The van der Waals surface area contributed by atoms with Crippen molar-refractivity contribution in [2.45, 2.75) is 6.42 Å². The van der Waals surface area contributed by atoms with Gasteiger partial charge in [0.05, 0.1) is 24.4 Å². The maximum Gasteiger partial charge on any atom is 0.309 e. The van der Waals surface area contributed by atoms with E-state index in [1.54, 1.807) is 24.5 Å². The minimum atomic E-state index is -0.281. The second-order valence-electron chi connectivity index (χ2n) is 6.11. The van der Waals surface area contributed by atoms with Gasteiger partial charge in [-0.3, -0.25) is 9.78 Å². The SMILES string of the molecule is COC(=O)Cc1ccc(Oc2nc(-c3cccnc3)nc3ccccc23)cc1. The summed E-state index contributed by atoms with van der Waals surface area (Å²) < 4.78 is 10.7. The highest BCUT2D eigenvalue weighted by atomic mass is 16.5. The molecule has 138 valence electrons. The van der Waals surface area contributed by atoms with Crippen molar-refractivity contribution in [3.05, 3.63) is 78.6 Å². The highest BCUT2D eigenvalue weighted by molar-refractivity contribution is 5.85. The van der Waals surface area contributed by atoms with Gasteiger partial charge in [0.2, 0.25) is 5.88 Å². The summed E-state index contributed by atoms with van der Waals surface area (Å²) in [5, 5.41) is 0.814. The number of ether oxygens (including phenoxy) is 2. The molecule has 0 spiro atoms. The van der Waals surface area contributed by atoms with Crippen molar-refractivity contribution in [3.63, 3.8) is 0 Å². The van der Waals surface area contributed by atoms with E-state index in [0.29, 0.717) is 17.5 Å². The number of fused-ring (bicyclic) bond motifs is 1. The Morgan fingerprint density at radius 2 is 1.79 bits per heavy atom. The number of benzene rings is 2. The molecule has 0 saturated carbocycles. The van der Waals surface area contributed by atoms with E-state index in [9.17, 15) is 4.79 Å². The predicted octanol–water partition coefficient (Wildman–Crippen LogP) is 4.20. The van der Waals surface area contributed by atoms with Crippen LogP contribution in [0.2, 0.25) is 0 Å². The summed E-state index contributed by atoms with van der Waals surface area (Å²) in [6, 6.07) is 18.7. The Hall–Kier alpha value is -3.80. The molecule has 0 aliphatic rings. The Labute approximate surface area is 161 Å². The number of carbonyl (C=O) groups excluding carboxylic acids is 1. The van der Waals surface area contributed by atoms with E-state index in [2.05, 4.69) is 15.0 Å². The molecule has 6 nitrogen and oxygen atoms in total. The number of hydrogen-bond donors (Lipinski definition) is 0. The smallest absolute Gasteiger partial charge is 0.309 e. The van der Waals surface area contributed by atoms with Crippen LogP contribution in [0.5, 0.6) is 11.6 Å². The van der Waals surface area contributed by atoms with Crippen molar-refractivity contribution in [1.29, 1.82) is 0 Å². The van der Waals surface area contributed by atoms with Gasteiger partial charge in [0.15, 0.2) is 5.82 Å². The van der Waals surface area contributed by atoms with Crippen LogP contribution in [0.3, 0.4) is 0 Å². The van der Waals surface area contributed by atoms with Gasteiger partial charge in [-0.05, 0) is 42.0 Å². The number of esters is 1. The lowest BCUT2D eigenvalue weighted by Gasteiger charge is -2.10. The van der Waals surface area contributed by atoms with Crippen molar-refractivity contribution in [2.24, 2.45) is 0 Å². The number of pyridine rings is 1. The topological polar surface area (TPSA) is 74.2 Å². The summed E-state index contributed by atoms with van der Waals surface area (Å²) in [5.74, 6) is 1.35. The van der Waals surface area contributed by atoms with Crippen LogP contribution in [0.25, 0.3) is 22.3 Å². The average molecular weight is 371 g/mol. The fraction of sp³-hybridized carbons (Fsp3) is 0.0909. The summed E-state index contributed by atoms with van der Waals surface area (Å²) in [6.07, 6.45) is 3.64. The molecule has 0 amide bonds. The van der Waals surface area contributed by atoms with Gasteiger partial charge in [-0.1, -0.05) is 24.3 Å². The third kappa shape index (κ3) is 3.81. The molecule has 0 aliphatic heterocycles. The minimum Gasteiger partial charge on any atom is -0.469 e. The molecule has 0 atom stereocenters. The van der Waals surface area contributed by atoms with E-state index in [4.69, 9.17) is 9.47 Å². The number of hydrogen-bond acceptors (Lipinski definition) is 6. The average Bonchev–Trinajstić information content (AvgIpc) is 2.75. The molecule has 4 rings (SSSR count). The molecular weight excluding hydrogens is 354 g/mol. The Morgan fingerprint density at radius 1 is 0.964 bits per heavy atom. The van der Waals surface area contributed by atoms with Crippen LogP contribution in [0.15, 0.2) is 73.1 Å². The fourth-order valence-electron chi connectivity index (χ4n) is 2.78. The normalized spacial score (nSPS) is 10.6. The van der Waals surface area contributed by atoms with Crippen LogP contribution in [0.1, 0.15) is 5.56 Å². The first-order valence-electron chi connectivity index (χ1n) is 8.74. The minimum absolute atomic E-state index is 0.221. The van der Waals surface area contributed by atoms with Gasteiger partial charge < -0.3 is 9.47 Å². The highest BCUT2D eigenvalue weighted by Gasteiger charge is 2.12. The van der Waals surface area contributed by atoms with Gasteiger partial charge in [-0.15, -0.1) is 0 Å². The van der Waals surface area contributed by atoms with E-state index in [1.165, 1.54) is 7.11 Å². The van der Waals surface area contributed by atoms with Crippen molar-refractivity contribution >= 4 is 16.9 Å². The van der Waals surface area contributed by atoms with Crippen LogP contribution in [-0.4, -0.2) is 28.0 Å². The molecule has 2 heterocycles. The summed E-state index contributed by atoms with van der Waals surface area (Å²) in [5.41, 5.74) is 2.45. The molecule has 0 unspecified atom stereocenters. The summed E-state index contributed by atoms with van der Waals surface area (Å²) in [4.78, 5) is 24.8. The van der Waals surface area contributed by atoms with Crippen molar-refractivity contribution in [2.75, 3.05) is 7.11 Å². The Bertz CT molecular complexity index is 1110. The number of aromatic nitrogens is 3. The van der Waals surface area contributed by atoms with Gasteiger partial charge in [0.25, 0.3) is 0 Å². The molecule has 2 aromatic heterocycles. The third-order valence-electron chi connectivity index (χ3n) is 4.20. The second-order valence-corrected chi connectivity index (χ2v) is 6.11. The van der Waals surface area contributed by atoms with Gasteiger partial charge in [0.1, 0.15) is 5.75 Å². The molecule has 6 heteroatoms. The first-order valence-corrected chi connectivity index (χ1v) is 8.74. The van der Waals surface area contributed by atoms with E-state index < -0.39 is 0 Å². The molecule has 0 fully saturated rings. The van der Waals surface area contributed by atoms with Gasteiger partial charge >= 0.3 is 5.97 Å². The molecule has 0 aliphatic carbocycles. The third-order valence-corrected chi connectivity index (χ3v) is 4.20. The molecule has 28 heavy (non-hydrogen) atoms. The zero-order chi connectivity index (χ0) is 19.3. The van der Waals surface area contributed by atoms with Crippen molar-refractivity contribution in [3.8, 4) is 23.0 Å². The lowest BCUT2D eigenvalue weighted by Crippen LogP contribution is -2.04. The molecule has 0 bridgehead atoms. The summed E-state index contributed by atoms with van der Waals surface area (Å²) >= 11 is 0. The zero-order valence-corrected chi connectivity index (χ0v) is 15.2. The Balaban J connectivity index is 1.69. The van der Waals surface area contributed by atoms with E-state index >= 15 is 0 Å². The quantitative estimate of drug-likeness (QED) is 0.490. The molecular formula is C22H17N3O3. The maximum atomic E-state index is 11.4. The molecule has 0 N–H and O–H groups in total. The molecule has 2 aromatic carbocycles. The monoisotopic (exact) mass is 371 g/mol. The van der Waals surface area contributed by atoms with Crippen LogP contribution in [0, 0.1) is 0 Å². The lowest BCUT2D eigenvalue weighted by atomic mass is 10.1.